The highest BCUT2D eigenvalue weighted by Gasteiger charge is 2.02. The second kappa shape index (κ2) is 5.51. The summed E-state index contributed by atoms with van der Waals surface area (Å²) >= 11 is 6.01. The molecule has 0 atom stereocenters. The maximum absolute atomic E-state index is 13.0. The van der Waals surface area contributed by atoms with Crippen LogP contribution >= 0.6 is 11.6 Å². The third-order valence-corrected chi connectivity index (χ3v) is 3.60. The van der Waals surface area contributed by atoms with Gasteiger partial charge in [0.25, 0.3) is 0 Å². The van der Waals surface area contributed by atoms with Crippen molar-refractivity contribution in [2.45, 2.75) is 6.54 Å². The molecule has 0 aliphatic rings. The topological polar surface area (TPSA) is 12.0 Å². The van der Waals surface area contributed by atoms with E-state index in [2.05, 4.69) is 29.6 Å². The molecule has 0 unspecified atom stereocenters. The summed E-state index contributed by atoms with van der Waals surface area (Å²) in [5, 5.41) is 6.14. The van der Waals surface area contributed by atoms with E-state index in [1.807, 2.05) is 18.2 Å². The summed E-state index contributed by atoms with van der Waals surface area (Å²) in [4.78, 5) is 0. The Hall–Kier alpha value is -2.06. The van der Waals surface area contributed by atoms with Crippen LogP contribution in [0.5, 0.6) is 0 Å². The predicted octanol–water partition coefficient (Wildman–Crippen LogP) is 5.24. The second-order valence-corrected chi connectivity index (χ2v) is 5.06. The molecule has 0 aliphatic heterocycles. The fourth-order valence-electron chi connectivity index (χ4n) is 2.16. The Morgan fingerprint density at radius 2 is 1.70 bits per heavy atom. The van der Waals surface area contributed by atoms with E-state index in [0.29, 0.717) is 11.6 Å². The SMILES string of the molecule is Fc1ccc(CNc2ccc3ccccc3c2)c(Cl)c1. The minimum atomic E-state index is -0.315. The normalized spacial score (nSPS) is 10.7. The Bertz CT molecular complexity index is 755. The lowest BCUT2D eigenvalue weighted by Crippen LogP contribution is -2.00. The first-order valence-electron chi connectivity index (χ1n) is 6.39. The lowest BCUT2D eigenvalue weighted by atomic mass is 10.1. The number of hydrogen-bond acceptors (Lipinski definition) is 1. The van der Waals surface area contributed by atoms with Gasteiger partial charge < -0.3 is 5.32 Å². The quantitative estimate of drug-likeness (QED) is 0.693. The van der Waals surface area contributed by atoms with Crippen LogP contribution in [-0.2, 0) is 6.54 Å². The molecule has 0 fully saturated rings. The number of halogens is 2. The molecule has 0 bridgehead atoms. The first-order chi connectivity index (χ1) is 9.72. The predicted molar refractivity (Wildman–Crippen MR) is 82.7 cm³/mol. The van der Waals surface area contributed by atoms with Crippen LogP contribution in [0.2, 0.25) is 5.02 Å². The molecule has 20 heavy (non-hydrogen) atoms. The van der Waals surface area contributed by atoms with Gasteiger partial charge in [-0.2, -0.15) is 0 Å². The Morgan fingerprint density at radius 3 is 2.50 bits per heavy atom. The number of nitrogens with one attached hydrogen (secondary N) is 1. The zero-order valence-electron chi connectivity index (χ0n) is 10.7. The first-order valence-corrected chi connectivity index (χ1v) is 6.77. The lowest BCUT2D eigenvalue weighted by Gasteiger charge is -2.09. The van der Waals surface area contributed by atoms with Gasteiger partial charge in [-0.25, -0.2) is 4.39 Å². The van der Waals surface area contributed by atoms with E-state index < -0.39 is 0 Å². The molecule has 1 N–H and O–H groups in total. The van der Waals surface area contributed by atoms with E-state index in [4.69, 9.17) is 11.6 Å². The van der Waals surface area contributed by atoms with Gasteiger partial charge in [0.05, 0.1) is 0 Å². The second-order valence-electron chi connectivity index (χ2n) is 4.65. The molecule has 3 heteroatoms. The van der Waals surface area contributed by atoms with Gasteiger partial charge in [0.2, 0.25) is 0 Å². The average Bonchev–Trinajstić information content (AvgIpc) is 2.46. The highest BCUT2D eigenvalue weighted by molar-refractivity contribution is 6.31. The van der Waals surface area contributed by atoms with Gasteiger partial charge in [0, 0.05) is 17.3 Å². The number of benzene rings is 3. The van der Waals surface area contributed by atoms with Gasteiger partial charge >= 0.3 is 0 Å². The fourth-order valence-corrected chi connectivity index (χ4v) is 2.40. The highest BCUT2D eigenvalue weighted by Crippen LogP contribution is 2.21. The van der Waals surface area contributed by atoms with Crippen molar-refractivity contribution in [3.63, 3.8) is 0 Å². The van der Waals surface area contributed by atoms with Gasteiger partial charge in [-0.3, -0.25) is 0 Å². The summed E-state index contributed by atoms with van der Waals surface area (Å²) in [6.45, 7) is 0.567. The molecule has 0 spiro atoms. The summed E-state index contributed by atoms with van der Waals surface area (Å²) in [7, 11) is 0. The maximum Gasteiger partial charge on any atom is 0.124 e. The van der Waals surface area contributed by atoms with E-state index in [-0.39, 0.29) is 5.82 Å². The van der Waals surface area contributed by atoms with Crippen LogP contribution in [0.25, 0.3) is 10.8 Å². The van der Waals surface area contributed by atoms with E-state index in [9.17, 15) is 4.39 Å². The Kier molecular flexibility index (Phi) is 3.57. The van der Waals surface area contributed by atoms with Gasteiger partial charge in [-0.05, 0) is 40.6 Å². The molecule has 0 aromatic heterocycles. The molecule has 3 rings (SSSR count). The van der Waals surface area contributed by atoms with Crippen molar-refractivity contribution in [2.75, 3.05) is 5.32 Å². The minimum Gasteiger partial charge on any atom is -0.381 e. The summed E-state index contributed by atoms with van der Waals surface area (Å²) < 4.78 is 13.0. The van der Waals surface area contributed by atoms with Crippen LogP contribution in [0.3, 0.4) is 0 Å². The van der Waals surface area contributed by atoms with Gasteiger partial charge in [0.1, 0.15) is 5.82 Å². The summed E-state index contributed by atoms with van der Waals surface area (Å²) in [6, 6.07) is 18.8. The molecule has 1 nitrogen and oxygen atoms in total. The van der Waals surface area contributed by atoms with Crippen LogP contribution < -0.4 is 5.32 Å². The van der Waals surface area contributed by atoms with Gasteiger partial charge in [0.15, 0.2) is 0 Å². The van der Waals surface area contributed by atoms with Crippen molar-refractivity contribution in [3.8, 4) is 0 Å². The van der Waals surface area contributed by atoms with Gasteiger partial charge in [-0.15, -0.1) is 0 Å². The van der Waals surface area contributed by atoms with Crippen LogP contribution in [0, 0.1) is 5.82 Å². The monoisotopic (exact) mass is 285 g/mol. The first kappa shape index (κ1) is 12.9. The third kappa shape index (κ3) is 2.75. The Labute approximate surface area is 122 Å². The third-order valence-electron chi connectivity index (χ3n) is 3.25. The molecular formula is C17H13ClFN. The largest absolute Gasteiger partial charge is 0.381 e. The van der Waals surface area contributed by atoms with Crippen molar-refractivity contribution in [2.24, 2.45) is 0 Å². The van der Waals surface area contributed by atoms with Crippen LogP contribution in [0.4, 0.5) is 10.1 Å². The molecule has 3 aromatic carbocycles. The number of hydrogen-bond donors (Lipinski definition) is 1. The molecule has 0 amide bonds. The van der Waals surface area contributed by atoms with Crippen molar-refractivity contribution in [3.05, 3.63) is 77.1 Å². The molecular weight excluding hydrogens is 273 g/mol. The summed E-state index contributed by atoms with van der Waals surface area (Å²) in [5.74, 6) is -0.315. The van der Waals surface area contributed by atoms with Crippen LogP contribution in [0.1, 0.15) is 5.56 Å². The Balaban J connectivity index is 1.79. The number of rotatable bonds is 3. The lowest BCUT2D eigenvalue weighted by molar-refractivity contribution is 0.627. The molecule has 0 saturated heterocycles. The van der Waals surface area contributed by atoms with E-state index in [1.165, 1.54) is 22.9 Å². The zero-order valence-corrected chi connectivity index (χ0v) is 11.5. The summed E-state index contributed by atoms with van der Waals surface area (Å²) in [5.41, 5.74) is 1.89. The van der Waals surface area contributed by atoms with E-state index >= 15 is 0 Å². The average molecular weight is 286 g/mol. The Morgan fingerprint density at radius 1 is 0.900 bits per heavy atom. The molecule has 3 aromatic rings. The van der Waals surface area contributed by atoms with Crippen LogP contribution in [-0.4, -0.2) is 0 Å². The van der Waals surface area contributed by atoms with Crippen molar-refractivity contribution in [1.82, 2.24) is 0 Å². The highest BCUT2D eigenvalue weighted by atomic mass is 35.5. The van der Waals surface area contributed by atoms with Crippen molar-refractivity contribution < 1.29 is 4.39 Å². The van der Waals surface area contributed by atoms with E-state index in [0.717, 1.165) is 11.3 Å². The van der Waals surface area contributed by atoms with Gasteiger partial charge in [-0.1, -0.05) is 48.0 Å². The molecule has 0 saturated carbocycles. The fraction of sp³-hybridized carbons (Fsp3) is 0.0588. The molecule has 0 aliphatic carbocycles. The van der Waals surface area contributed by atoms with E-state index in [1.54, 1.807) is 6.07 Å². The molecule has 0 heterocycles. The number of fused-ring (bicyclic) bond motifs is 1. The van der Waals surface area contributed by atoms with Crippen molar-refractivity contribution in [1.29, 1.82) is 0 Å². The minimum absolute atomic E-state index is 0.315. The number of anilines is 1. The van der Waals surface area contributed by atoms with Crippen LogP contribution in [0.15, 0.2) is 60.7 Å². The van der Waals surface area contributed by atoms with Crippen molar-refractivity contribution >= 4 is 28.1 Å². The smallest absolute Gasteiger partial charge is 0.124 e. The summed E-state index contributed by atoms with van der Waals surface area (Å²) in [6.07, 6.45) is 0. The maximum atomic E-state index is 13.0. The molecule has 0 radical (unpaired) electrons. The zero-order chi connectivity index (χ0) is 13.9. The standard InChI is InChI=1S/C17H13ClFN/c18-17-10-15(19)7-5-14(17)11-20-16-8-6-12-3-1-2-4-13(12)9-16/h1-10,20H,11H2. The molecule has 100 valence electrons.